The third kappa shape index (κ3) is 4.52. The highest BCUT2D eigenvalue weighted by Gasteiger charge is 2.13. The van der Waals surface area contributed by atoms with Gasteiger partial charge in [-0.1, -0.05) is 25.7 Å². The van der Waals surface area contributed by atoms with Crippen LogP contribution in [0.15, 0.2) is 11.4 Å². The number of rotatable bonds is 5. The van der Waals surface area contributed by atoms with Gasteiger partial charge in [0.2, 0.25) is 5.91 Å². The first-order valence-corrected chi connectivity index (χ1v) is 7.04. The lowest BCUT2D eigenvalue weighted by atomic mass is 10.0. The van der Waals surface area contributed by atoms with Gasteiger partial charge in [0.15, 0.2) is 0 Å². The topological polar surface area (TPSA) is 49.3 Å². The number of aliphatic hydroxyl groups is 1. The Morgan fingerprint density at radius 3 is 2.83 bits per heavy atom. The number of thiophene rings is 1. The highest BCUT2D eigenvalue weighted by molar-refractivity contribution is 7.10. The molecule has 0 atom stereocenters. The van der Waals surface area contributed by atoms with Gasteiger partial charge in [-0.25, -0.2) is 0 Å². The Morgan fingerprint density at radius 2 is 2.22 bits per heavy atom. The number of aliphatic hydroxyl groups excluding tert-OH is 1. The molecule has 0 saturated carbocycles. The van der Waals surface area contributed by atoms with Crippen LogP contribution in [0, 0.1) is 17.8 Å². The summed E-state index contributed by atoms with van der Waals surface area (Å²) >= 11 is 1.57. The molecule has 2 N–H and O–H groups in total. The van der Waals surface area contributed by atoms with E-state index >= 15 is 0 Å². The molecule has 4 heteroatoms. The molecule has 0 aliphatic heterocycles. The largest absolute Gasteiger partial charge is 0.384 e. The third-order valence-electron chi connectivity index (χ3n) is 2.76. The number of hydrogen-bond donors (Lipinski definition) is 2. The van der Waals surface area contributed by atoms with E-state index in [1.807, 2.05) is 25.3 Å². The quantitative estimate of drug-likeness (QED) is 0.801. The Kier molecular flexibility index (Phi) is 6.48. The third-order valence-corrected chi connectivity index (χ3v) is 3.70. The van der Waals surface area contributed by atoms with Crippen LogP contribution in [0.1, 0.15) is 37.1 Å². The van der Waals surface area contributed by atoms with Crippen LogP contribution in [-0.4, -0.2) is 17.6 Å². The predicted octanol–water partition coefficient (Wildman–Crippen LogP) is 2.14. The number of carbonyl (C=O) groups excluding carboxylic acids is 1. The average Bonchev–Trinajstić information content (AvgIpc) is 2.83. The standard InChI is InChI=1S/C14H19NO2S/c1-3-12(4-2)14(17)15-9-13-8-11(10-18-13)6-5-7-16/h8,10,12,16H,3-4,7,9H2,1-2H3,(H,15,17). The fourth-order valence-electron chi connectivity index (χ4n) is 1.66. The number of carbonyl (C=O) groups is 1. The van der Waals surface area contributed by atoms with Crippen LogP contribution < -0.4 is 5.32 Å². The lowest BCUT2D eigenvalue weighted by Crippen LogP contribution is -2.29. The van der Waals surface area contributed by atoms with E-state index in [4.69, 9.17) is 5.11 Å². The Hall–Kier alpha value is -1.31. The van der Waals surface area contributed by atoms with Crippen molar-refractivity contribution in [2.24, 2.45) is 5.92 Å². The van der Waals surface area contributed by atoms with Gasteiger partial charge >= 0.3 is 0 Å². The second kappa shape index (κ2) is 7.91. The van der Waals surface area contributed by atoms with Gasteiger partial charge in [-0.2, -0.15) is 0 Å². The van der Waals surface area contributed by atoms with E-state index in [1.165, 1.54) is 0 Å². The second-order valence-corrected chi connectivity index (χ2v) is 4.99. The fraction of sp³-hybridized carbons (Fsp3) is 0.500. The van der Waals surface area contributed by atoms with Gasteiger partial charge < -0.3 is 10.4 Å². The highest BCUT2D eigenvalue weighted by Crippen LogP contribution is 2.14. The molecule has 98 valence electrons. The molecule has 0 aliphatic carbocycles. The lowest BCUT2D eigenvalue weighted by Gasteiger charge is -2.11. The zero-order valence-corrected chi connectivity index (χ0v) is 11.6. The second-order valence-electron chi connectivity index (χ2n) is 3.99. The number of hydrogen-bond acceptors (Lipinski definition) is 3. The summed E-state index contributed by atoms with van der Waals surface area (Å²) in [5.41, 5.74) is 0.890. The Morgan fingerprint density at radius 1 is 1.50 bits per heavy atom. The molecule has 0 aromatic carbocycles. The van der Waals surface area contributed by atoms with Crippen LogP contribution in [0.5, 0.6) is 0 Å². The van der Waals surface area contributed by atoms with Crippen molar-refractivity contribution >= 4 is 17.2 Å². The van der Waals surface area contributed by atoms with E-state index in [1.54, 1.807) is 11.3 Å². The summed E-state index contributed by atoms with van der Waals surface area (Å²) in [5.74, 6) is 5.68. The molecule has 1 amide bonds. The SMILES string of the molecule is CCC(CC)C(=O)NCc1cc(C#CCO)cs1. The number of amides is 1. The maximum Gasteiger partial charge on any atom is 0.223 e. The van der Waals surface area contributed by atoms with Crippen molar-refractivity contribution < 1.29 is 9.90 Å². The van der Waals surface area contributed by atoms with Crippen LogP contribution >= 0.6 is 11.3 Å². The van der Waals surface area contributed by atoms with E-state index in [2.05, 4.69) is 17.2 Å². The lowest BCUT2D eigenvalue weighted by molar-refractivity contribution is -0.125. The molecule has 3 nitrogen and oxygen atoms in total. The van der Waals surface area contributed by atoms with Gasteiger partial charge in [0.1, 0.15) is 6.61 Å². The molecule has 1 rings (SSSR count). The molecule has 1 heterocycles. The fourth-order valence-corrected chi connectivity index (χ4v) is 2.41. The Balaban J connectivity index is 2.48. The molecule has 1 aromatic heterocycles. The van der Waals surface area contributed by atoms with E-state index in [0.717, 1.165) is 23.3 Å². The Bertz CT molecular complexity index is 438. The average molecular weight is 265 g/mol. The van der Waals surface area contributed by atoms with Crippen LogP contribution in [0.3, 0.4) is 0 Å². The highest BCUT2D eigenvalue weighted by atomic mass is 32.1. The first kappa shape index (κ1) is 14.7. The molecule has 0 aliphatic rings. The minimum atomic E-state index is -0.128. The number of nitrogens with one attached hydrogen (secondary N) is 1. The molecule has 1 aromatic rings. The summed E-state index contributed by atoms with van der Waals surface area (Å²) in [4.78, 5) is 12.9. The molecule has 0 spiro atoms. The van der Waals surface area contributed by atoms with Crippen molar-refractivity contribution in [1.82, 2.24) is 5.32 Å². The zero-order chi connectivity index (χ0) is 13.4. The summed E-state index contributed by atoms with van der Waals surface area (Å²) in [6.07, 6.45) is 1.75. The summed E-state index contributed by atoms with van der Waals surface area (Å²) < 4.78 is 0. The summed E-state index contributed by atoms with van der Waals surface area (Å²) in [7, 11) is 0. The molecule has 0 unspecified atom stereocenters. The Labute approximate surface area is 112 Å². The molecule has 0 bridgehead atoms. The first-order chi connectivity index (χ1) is 8.71. The normalized spacial score (nSPS) is 10.0. The van der Waals surface area contributed by atoms with Crippen molar-refractivity contribution in [3.8, 4) is 11.8 Å². The summed E-state index contributed by atoms with van der Waals surface area (Å²) in [6, 6.07) is 1.94. The molecule has 0 saturated heterocycles. The smallest absolute Gasteiger partial charge is 0.223 e. The van der Waals surface area contributed by atoms with Crippen molar-refractivity contribution in [1.29, 1.82) is 0 Å². The van der Waals surface area contributed by atoms with Crippen molar-refractivity contribution in [2.45, 2.75) is 33.2 Å². The maximum absolute atomic E-state index is 11.8. The van der Waals surface area contributed by atoms with Crippen LogP contribution in [0.2, 0.25) is 0 Å². The molecule has 0 fully saturated rings. The van der Waals surface area contributed by atoms with Crippen molar-refractivity contribution in [3.05, 3.63) is 21.9 Å². The molecule has 18 heavy (non-hydrogen) atoms. The summed E-state index contributed by atoms with van der Waals surface area (Å²) in [5, 5.41) is 13.5. The zero-order valence-electron chi connectivity index (χ0n) is 10.8. The monoisotopic (exact) mass is 265 g/mol. The maximum atomic E-state index is 11.8. The predicted molar refractivity (Wildman–Crippen MR) is 74.2 cm³/mol. The van der Waals surface area contributed by atoms with E-state index in [-0.39, 0.29) is 18.4 Å². The van der Waals surface area contributed by atoms with Gasteiger partial charge in [0.05, 0.1) is 6.54 Å². The van der Waals surface area contributed by atoms with Crippen LogP contribution in [-0.2, 0) is 11.3 Å². The van der Waals surface area contributed by atoms with Gasteiger partial charge in [-0.15, -0.1) is 11.3 Å². The molecular formula is C14H19NO2S. The van der Waals surface area contributed by atoms with E-state index in [0.29, 0.717) is 6.54 Å². The van der Waals surface area contributed by atoms with Crippen LogP contribution in [0.25, 0.3) is 0 Å². The van der Waals surface area contributed by atoms with Gasteiger partial charge in [-0.3, -0.25) is 4.79 Å². The van der Waals surface area contributed by atoms with Crippen molar-refractivity contribution in [3.63, 3.8) is 0 Å². The summed E-state index contributed by atoms with van der Waals surface area (Å²) in [6.45, 7) is 4.49. The van der Waals surface area contributed by atoms with Gasteiger partial charge in [0, 0.05) is 21.7 Å². The van der Waals surface area contributed by atoms with Crippen LogP contribution in [0.4, 0.5) is 0 Å². The minimum absolute atomic E-state index is 0.110. The van der Waals surface area contributed by atoms with E-state index < -0.39 is 0 Å². The van der Waals surface area contributed by atoms with Gasteiger partial charge in [-0.05, 0) is 18.9 Å². The first-order valence-electron chi connectivity index (χ1n) is 6.16. The minimum Gasteiger partial charge on any atom is -0.384 e. The van der Waals surface area contributed by atoms with E-state index in [9.17, 15) is 4.79 Å². The van der Waals surface area contributed by atoms with Crippen molar-refractivity contribution in [2.75, 3.05) is 6.61 Å². The van der Waals surface area contributed by atoms with Gasteiger partial charge in [0.25, 0.3) is 0 Å². The molecular weight excluding hydrogens is 246 g/mol. The molecule has 0 radical (unpaired) electrons.